The summed E-state index contributed by atoms with van der Waals surface area (Å²) in [5.41, 5.74) is 5.12. The van der Waals surface area contributed by atoms with E-state index in [4.69, 9.17) is 4.74 Å². The van der Waals surface area contributed by atoms with Crippen LogP contribution >= 0.6 is 0 Å². The Balaban J connectivity index is 1.08. The number of rotatable bonds is 15. The molecule has 4 rings (SSSR count). The molecule has 3 N–H and O–H groups in total. The van der Waals surface area contributed by atoms with Crippen molar-refractivity contribution < 1.29 is 19.1 Å². The summed E-state index contributed by atoms with van der Waals surface area (Å²) in [6.45, 7) is 1.82. The Morgan fingerprint density at radius 2 is 1.50 bits per heavy atom. The van der Waals surface area contributed by atoms with Crippen LogP contribution in [0.15, 0.2) is 84.6 Å². The third-order valence-corrected chi connectivity index (χ3v) is 7.11. The van der Waals surface area contributed by atoms with Crippen molar-refractivity contribution in [2.45, 2.75) is 57.9 Å². The summed E-state index contributed by atoms with van der Waals surface area (Å²) in [5, 5.41) is 8.62. The van der Waals surface area contributed by atoms with Crippen LogP contribution in [-0.4, -0.2) is 42.4 Å². The fraction of sp³-hybridized carbons (Fsp3) is 0.353. The quantitative estimate of drug-likeness (QED) is 0.179. The van der Waals surface area contributed by atoms with Gasteiger partial charge in [-0.05, 0) is 61.4 Å². The van der Waals surface area contributed by atoms with Crippen LogP contribution < -0.4 is 20.7 Å². The molecule has 0 atom stereocenters. The van der Waals surface area contributed by atoms with Crippen LogP contribution in [0.3, 0.4) is 0 Å². The molecule has 3 amide bonds. The smallest absolute Gasteiger partial charge is 0.226 e. The Labute approximate surface area is 248 Å². The first-order chi connectivity index (χ1) is 20.5. The molecule has 0 saturated heterocycles. The van der Waals surface area contributed by atoms with E-state index in [9.17, 15) is 14.4 Å². The number of pyridine rings is 1. The Kier molecular flexibility index (Phi) is 12.1. The molecule has 1 aliphatic rings. The van der Waals surface area contributed by atoms with E-state index in [1.807, 2.05) is 66.7 Å². The van der Waals surface area contributed by atoms with Crippen LogP contribution in [0.4, 0.5) is 0 Å². The topological polar surface area (TPSA) is 109 Å². The maximum atomic E-state index is 12.3. The van der Waals surface area contributed by atoms with Crippen LogP contribution in [-0.2, 0) is 27.3 Å². The lowest BCUT2D eigenvalue weighted by Gasteiger charge is -2.13. The maximum Gasteiger partial charge on any atom is 0.226 e. The van der Waals surface area contributed by atoms with Gasteiger partial charge in [0, 0.05) is 43.4 Å². The van der Waals surface area contributed by atoms with E-state index in [0.29, 0.717) is 37.7 Å². The molecule has 0 radical (unpaired) electrons. The van der Waals surface area contributed by atoms with E-state index >= 15 is 0 Å². The van der Waals surface area contributed by atoms with Crippen LogP contribution in [0, 0.1) is 0 Å². The fourth-order valence-electron chi connectivity index (χ4n) is 4.72. The van der Waals surface area contributed by atoms with Crippen molar-refractivity contribution in [2.24, 2.45) is 0 Å². The average molecular weight is 569 g/mol. The second-order valence-electron chi connectivity index (χ2n) is 10.4. The van der Waals surface area contributed by atoms with Crippen molar-refractivity contribution in [3.8, 4) is 16.9 Å². The minimum Gasteiger partial charge on any atom is -0.492 e. The zero-order chi connectivity index (χ0) is 29.4. The van der Waals surface area contributed by atoms with Gasteiger partial charge in [0.2, 0.25) is 17.7 Å². The number of benzene rings is 2. The first-order valence-corrected chi connectivity index (χ1v) is 14.8. The highest BCUT2D eigenvalue weighted by atomic mass is 16.5. The van der Waals surface area contributed by atoms with Crippen LogP contribution in [0.25, 0.3) is 11.1 Å². The number of allylic oxidation sites excluding steroid dienone is 1. The second-order valence-corrected chi connectivity index (χ2v) is 10.4. The van der Waals surface area contributed by atoms with Crippen molar-refractivity contribution in [1.82, 2.24) is 20.9 Å². The average Bonchev–Trinajstić information content (AvgIpc) is 3.03. The van der Waals surface area contributed by atoms with Crippen molar-refractivity contribution in [2.75, 3.05) is 19.7 Å². The molecule has 8 nitrogen and oxygen atoms in total. The van der Waals surface area contributed by atoms with E-state index in [2.05, 4.69) is 27.0 Å². The number of aromatic nitrogens is 1. The van der Waals surface area contributed by atoms with Crippen LogP contribution in [0.2, 0.25) is 0 Å². The highest BCUT2D eigenvalue weighted by molar-refractivity contribution is 5.83. The fourth-order valence-corrected chi connectivity index (χ4v) is 4.72. The van der Waals surface area contributed by atoms with E-state index in [-0.39, 0.29) is 37.0 Å². The first kappa shape index (κ1) is 30.5. The maximum absolute atomic E-state index is 12.3. The van der Waals surface area contributed by atoms with Gasteiger partial charge in [-0.15, -0.1) is 0 Å². The number of carbonyl (C=O) groups excluding carboxylic acids is 3. The molecule has 0 unspecified atom stereocenters. The van der Waals surface area contributed by atoms with Gasteiger partial charge >= 0.3 is 0 Å². The Morgan fingerprint density at radius 1 is 0.762 bits per heavy atom. The molecule has 1 aromatic heterocycles. The third kappa shape index (κ3) is 10.8. The third-order valence-electron chi connectivity index (χ3n) is 7.11. The Bertz CT molecular complexity index is 1320. The molecule has 2 aromatic carbocycles. The molecular weight excluding hydrogens is 528 g/mol. The number of hydrogen-bond acceptors (Lipinski definition) is 5. The molecule has 0 bridgehead atoms. The van der Waals surface area contributed by atoms with Gasteiger partial charge in [-0.2, -0.15) is 0 Å². The lowest BCUT2D eigenvalue weighted by atomic mass is 9.97. The standard InChI is InChI=1S/C34H40N4O4/c39-32(35-20-19-26-7-3-1-4-8-26)17-18-33(40)36-21-22-42-31-15-12-28(13-16-31)29-11-14-30(37-25-29)23-34(41)38-24-27-9-5-2-6-10-27/h2,5-7,9-16,25H,1,3-4,8,17-24H2,(H,35,39)(H,36,40)(H,38,41). The molecule has 1 aliphatic carbocycles. The minimum absolute atomic E-state index is 0.0689. The van der Waals surface area contributed by atoms with Crippen LogP contribution in [0.1, 0.15) is 56.2 Å². The number of ether oxygens (including phenoxy) is 1. The molecule has 0 spiro atoms. The van der Waals surface area contributed by atoms with Gasteiger partial charge in [0.25, 0.3) is 0 Å². The van der Waals surface area contributed by atoms with Gasteiger partial charge in [-0.1, -0.05) is 60.2 Å². The van der Waals surface area contributed by atoms with E-state index in [1.54, 1.807) is 6.20 Å². The van der Waals surface area contributed by atoms with E-state index in [1.165, 1.54) is 18.4 Å². The summed E-state index contributed by atoms with van der Waals surface area (Å²) in [7, 11) is 0. The van der Waals surface area contributed by atoms with Gasteiger partial charge in [0.15, 0.2) is 0 Å². The summed E-state index contributed by atoms with van der Waals surface area (Å²) in [6.07, 6.45) is 10.3. The molecule has 0 saturated carbocycles. The molecular formula is C34H40N4O4. The Hall–Kier alpha value is -4.46. The molecule has 220 valence electrons. The first-order valence-electron chi connectivity index (χ1n) is 14.8. The molecule has 8 heteroatoms. The number of nitrogens with zero attached hydrogens (tertiary/aromatic N) is 1. The van der Waals surface area contributed by atoms with Gasteiger partial charge in [-0.25, -0.2) is 0 Å². The van der Waals surface area contributed by atoms with Crippen molar-refractivity contribution in [3.63, 3.8) is 0 Å². The molecule has 3 aromatic rings. The molecule has 1 heterocycles. The monoisotopic (exact) mass is 568 g/mol. The number of amides is 3. The van der Waals surface area contributed by atoms with Gasteiger partial charge in [-0.3, -0.25) is 19.4 Å². The molecule has 0 aliphatic heterocycles. The summed E-state index contributed by atoms with van der Waals surface area (Å²) >= 11 is 0. The van der Waals surface area contributed by atoms with Gasteiger partial charge in [0.05, 0.1) is 13.0 Å². The molecule has 0 fully saturated rings. The zero-order valence-corrected chi connectivity index (χ0v) is 24.1. The number of nitrogens with one attached hydrogen (secondary N) is 3. The lowest BCUT2D eigenvalue weighted by molar-refractivity contribution is -0.126. The summed E-state index contributed by atoms with van der Waals surface area (Å²) in [5.74, 6) is 0.372. The molecule has 42 heavy (non-hydrogen) atoms. The lowest BCUT2D eigenvalue weighted by Crippen LogP contribution is -2.30. The van der Waals surface area contributed by atoms with Gasteiger partial charge < -0.3 is 20.7 Å². The summed E-state index contributed by atoms with van der Waals surface area (Å²) < 4.78 is 5.74. The van der Waals surface area contributed by atoms with Gasteiger partial charge in [0.1, 0.15) is 12.4 Å². The van der Waals surface area contributed by atoms with Crippen molar-refractivity contribution in [1.29, 1.82) is 0 Å². The largest absolute Gasteiger partial charge is 0.492 e. The highest BCUT2D eigenvalue weighted by Gasteiger charge is 2.09. The normalized spacial score (nSPS) is 12.6. The van der Waals surface area contributed by atoms with E-state index < -0.39 is 0 Å². The van der Waals surface area contributed by atoms with E-state index in [0.717, 1.165) is 36.0 Å². The SMILES string of the molecule is O=C(CCC(=O)NCCC1=CCCCC1)NCCOc1ccc(-c2ccc(CC(=O)NCc3ccccc3)nc2)cc1. The minimum atomic E-state index is -0.163. The predicted molar refractivity (Wildman–Crippen MR) is 164 cm³/mol. The highest BCUT2D eigenvalue weighted by Crippen LogP contribution is 2.22. The predicted octanol–water partition coefficient (Wildman–Crippen LogP) is 4.89. The zero-order valence-electron chi connectivity index (χ0n) is 24.1. The second kappa shape index (κ2) is 16.7. The van der Waals surface area contributed by atoms with Crippen molar-refractivity contribution in [3.05, 3.63) is 95.8 Å². The van der Waals surface area contributed by atoms with Crippen molar-refractivity contribution >= 4 is 17.7 Å². The van der Waals surface area contributed by atoms with Crippen LogP contribution in [0.5, 0.6) is 5.75 Å². The Morgan fingerprint density at radius 3 is 2.19 bits per heavy atom. The number of carbonyl (C=O) groups is 3. The number of hydrogen-bond donors (Lipinski definition) is 3. The summed E-state index contributed by atoms with van der Waals surface area (Å²) in [6, 6.07) is 21.2. The summed E-state index contributed by atoms with van der Waals surface area (Å²) in [4.78, 5) is 40.8.